The van der Waals surface area contributed by atoms with Crippen LogP contribution in [0, 0.1) is 5.41 Å². The second-order valence-electron chi connectivity index (χ2n) is 2.82. The normalized spacial score (nSPS) is 9.33. The average Bonchev–Trinajstić information content (AvgIpc) is 2.71. The van der Waals surface area contributed by atoms with Crippen molar-refractivity contribution in [3.05, 3.63) is 42.4 Å². The Balaban J connectivity index is 0.00000112. The fourth-order valence-electron chi connectivity index (χ4n) is 1.14. The van der Waals surface area contributed by atoms with Crippen molar-refractivity contribution >= 4 is 18.2 Å². The molecular weight excluding hydrogens is 214 g/mol. The highest BCUT2D eigenvalue weighted by Crippen LogP contribution is 2.18. The van der Waals surface area contributed by atoms with Gasteiger partial charge in [-0.05, 0) is 24.3 Å². The summed E-state index contributed by atoms with van der Waals surface area (Å²) in [4.78, 5) is 4.02. The molecule has 0 fully saturated rings. The molecule has 0 saturated heterocycles. The highest BCUT2D eigenvalue weighted by molar-refractivity contribution is 5.93. The molecule has 0 atom stereocenters. The Labute approximate surface area is 93.0 Å². The largest absolute Gasteiger partial charge is 0.464 e. The molecule has 0 amide bonds. The lowest BCUT2D eigenvalue weighted by atomic mass is 10.2. The van der Waals surface area contributed by atoms with E-state index in [-0.39, 0.29) is 18.2 Å². The second kappa shape index (κ2) is 4.61. The lowest BCUT2D eigenvalue weighted by molar-refractivity contribution is 0.582. The van der Waals surface area contributed by atoms with E-state index in [1.54, 1.807) is 18.5 Å². The third-order valence-corrected chi connectivity index (χ3v) is 1.85. The Hall–Kier alpha value is -1.81. The van der Waals surface area contributed by atoms with Crippen LogP contribution < -0.4 is 5.73 Å². The van der Waals surface area contributed by atoms with E-state index >= 15 is 0 Å². The van der Waals surface area contributed by atoms with E-state index in [2.05, 4.69) is 4.98 Å². The third-order valence-electron chi connectivity index (χ3n) is 1.85. The number of hydrogen-bond donors (Lipinski definition) is 2. The summed E-state index contributed by atoms with van der Waals surface area (Å²) in [5, 5.41) is 7.17. The highest BCUT2D eigenvalue weighted by Gasteiger charge is 2.02. The molecule has 2 heterocycles. The molecule has 0 spiro atoms. The van der Waals surface area contributed by atoms with Gasteiger partial charge in [0, 0.05) is 11.8 Å². The van der Waals surface area contributed by atoms with Crippen LogP contribution in [0.4, 0.5) is 0 Å². The molecule has 2 aromatic rings. The van der Waals surface area contributed by atoms with Crippen molar-refractivity contribution in [3.8, 4) is 11.3 Å². The predicted octanol–water partition coefficient (Wildman–Crippen LogP) is 2.05. The molecule has 0 saturated carbocycles. The molecule has 0 aliphatic carbocycles. The van der Waals surface area contributed by atoms with Crippen LogP contribution in [0.5, 0.6) is 0 Å². The van der Waals surface area contributed by atoms with Crippen LogP contribution in [0.25, 0.3) is 11.3 Å². The zero-order chi connectivity index (χ0) is 9.97. The zero-order valence-electron chi connectivity index (χ0n) is 7.81. The number of pyridine rings is 1. The average molecular weight is 224 g/mol. The van der Waals surface area contributed by atoms with E-state index in [1.165, 1.54) is 0 Å². The van der Waals surface area contributed by atoms with Gasteiger partial charge in [0.25, 0.3) is 0 Å². The number of nitrogens with two attached hydrogens (primary N) is 1. The summed E-state index contributed by atoms with van der Waals surface area (Å²) in [6, 6.07) is 7.18. The number of nitrogens with one attached hydrogen (secondary N) is 1. The van der Waals surface area contributed by atoms with Crippen molar-refractivity contribution in [1.82, 2.24) is 4.98 Å². The van der Waals surface area contributed by atoms with Gasteiger partial charge in [-0.25, -0.2) is 0 Å². The standard InChI is InChI=1S/C10H9N3O.ClH/c11-10(12)8-4-3-7(6-13-8)9-2-1-5-14-9;/h1-6H,(H3,11,12);1H. The van der Waals surface area contributed by atoms with E-state index in [4.69, 9.17) is 15.6 Å². The third kappa shape index (κ3) is 2.35. The second-order valence-corrected chi connectivity index (χ2v) is 2.82. The molecule has 15 heavy (non-hydrogen) atoms. The van der Waals surface area contributed by atoms with Crippen molar-refractivity contribution in [1.29, 1.82) is 5.41 Å². The van der Waals surface area contributed by atoms with Crippen LogP contribution in [-0.2, 0) is 0 Å². The van der Waals surface area contributed by atoms with Gasteiger partial charge in [0.05, 0.1) is 6.26 Å². The van der Waals surface area contributed by atoms with Crippen molar-refractivity contribution in [2.24, 2.45) is 5.73 Å². The summed E-state index contributed by atoms with van der Waals surface area (Å²) in [6.07, 6.45) is 3.24. The first-order chi connectivity index (χ1) is 6.77. The molecule has 5 heteroatoms. The van der Waals surface area contributed by atoms with Crippen LogP contribution in [-0.4, -0.2) is 10.8 Å². The molecule has 2 aromatic heterocycles. The summed E-state index contributed by atoms with van der Waals surface area (Å²) < 4.78 is 5.19. The Morgan fingerprint density at radius 1 is 1.33 bits per heavy atom. The van der Waals surface area contributed by atoms with Crippen LogP contribution in [0.2, 0.25) is 0 Å². The van der Waals surface area contributed by atoms with Crippen molar-refractivity contribution in [2.75, 3.05) is 0 Å². The van der Waals surface area contributed by atoms with Crippen LogP contribution in [0.3, 0.4) is 0 Å². The topological polar surface area (TPSA) is 75.9 Å². The monoisotopic (exact) mass is 223 g/mol. The smallest absolute Gasteiger partial charge is 0.141 e. The van der Waals surface area contributed by atoms with Gasteiger partial charge in [0.2, 0.25) is 0 Å². The van der Waals surface area contributed by atoms with Gasteiger partial charge in [-0.1, -0.05) is 0 Å². The van der Waals surface area contributed by atoms with E-state index < -0.39 is 0 Å². The Morgan fingerprint density at radius 2 is 2.13 bits per heavy atom. The Bertz CT molecular complexity index is 436. The zero-order valence-corrected chi connectivity index (χ0v) is 8.62. The lowest BCUT2D eigenvalue weighted by Gasteiger charge is -1.98. The summed E-state index contributed by atoms with van der Waals surface area (Å²) in [7, 11) is 0. The summed E-state index contributed by atoms with van der Waals surface area (Å²) in [6.45, 7) is 0. The van der Waals surface area contributed by atoms with Crippen molar-refractivity contribution < 1.29 is 4.42 Å². The first-order valence-electron chi connectivity index (χ1n) is 4.12. The number of halogens is 1. The van der Waals surface area contributed by atoms with E-state index in [0.717, 1.165) is 11.3 Å². The van der Waals surface area contributed by atoms with Gasteiger partial charge in [0.1, 0.15) is 17.3 Å². The number of furan rings is 1. The lowest BCUT2D eigenvalue weighted by Crippen LogP contribution is -2.12. The molecule has 0 bridgehead atoms. The molecular formula is C10H10ClN3O. The molecule has 0 aliphatic heterocycles. The van der Waals surface area contributed by atoms with Gasteiger partial charge < -0.3 is 10.2 Å². The minimum atomic E-state index is -0.0315. The first-order valence-corrected chi connectivity index (χ1v) is 4.12. The fraction of sp³-hybridized carbons (Fsp3) is 0. The molecule has 0 radical (unpaired) electrons. The Morgan fingerprint density at radius 3 is 2.60 bits per heavy atom. The molecule has 0 aliphatic rings. The van der Waals surface area contributed by atoms with Gasteiger partial charge in [0.15, 0.2) is 0 Å². The molecule has 4 nitrogen and oxygen atoms in total. The highest BCUT2D eigenvalue weighted by atomic mass is 35.5. The molecule has 0 aromatic carbocycles. The minimum Gasteiger partial charge on any atom is -0.464 e. The summed E-state index contributed by atoms with van der Waals surface area (Å²) >= 11 is 0. The van der Waals surface area contributed by atoms with Crippen LogP contribution >= 0.6 is 12.4 Å². The maximum Gasteiger partial charge on any atom is 0.141 e. The number of nitrogens with zero attached hydrogens (tertiary/aromatic N) is 1. The van der Waals surface area contributed by atoms with Gasteiger partial charge >= 0.3 is 0 Å². The maximum atomic E-state index is 7.17. The number of aromatic nitrogens is 1. The van der Waals surface area contributed by atoms with Crippen LogP contribution in [0.1, 0.15) is 5.69 Å². The van der Waals surface area contributed by atoms with E-state index in [1.807, 2.05) is 18.2 Å². The first kappa shape index (κ1) is 11.3. The van der Waals surface area contributed by atoms with Crippen LogP contribution in [0.15, 0.2) is 41.1 Å². The van der Waals surface area contributed by atoms with Crippen molar-refractivity contribution in [3.63, 3.8) is 0 Å². The minimum absolute atomic E-state index is 0. The summed E-state index contributed by atoms with van der Waals surface area (Å²) in [5.41, 5.74) is 6.63. The number of hydrogen-bond acceptors (Lipinski definition) is 3. The molecule has 0 unspecified atom stereocenters. The van der Waals surface area contributed by atoms with E-state index in [9.17, 15) is 0 Å². The SMILES string of the molecule is Cl.N=C(N)c1ccc(-c2ccco2)cn1. The summed E-state index contributed by atoms with van der Waals surface area (Å²) in [5.74, 6) is 0.726. The predicted molar refractivity (Wildman–Crippen MR) is 60.2 cm³/mol. The number of nitrogen functional groups attached to an aromatic ring is 1. The fourth-order valence-corrected chi connectivity index (χ4v) is 1.14. The molecule has 3 N–H and O–H groups in total. The van der Waals surface area contributed by atoms with E-state index in [0.29, 0.717) is 5.69 Å². The molecule has 2 rings (SSSR count). The van der Waals surface area contributed by atoms with Gasteiger partial charge in [-0.2, -0.15) is 0 Å². The molecule has 78 valence electrons. The van der Waals surface area contributed by atoms with Gasteiger partial charge in [-0.15, -0.1) is 12.4 Å². The van der Waals surface area contributed by atoms with Gasteiger partial charge in [-0.3, -0.25) is 10.4 Å². The number of rotatable bonds is 2. The van der Waals surface area contributed by atoms with Crippen molar-refractivity contribution in [2.45, 2.75) is 0 Å². The maximum absolute atomic E-state index is 7.17. The number of amidine groups is 1. The quantitative estimate of drug-likeness (QED) is 0.604. The Kier molecular flexibility index (Phi) is 3.46.